The summed E-state index contributed by atoms with van der Waals surface area (Å²) >= 11 is 0. The molecule has 5 heteroatoms. The fourth-order valence-corrected chi connectivity index (χ4v) is 2.33. The Morgan fingerprint density at radius 2 is 1.52 bits per heavy atom. The van der Waals surface area contributed by atoms with Gasteiger partial charge in [0.15, 0.2) is 0 Å². The zero-order valence-corrected chi connectivity index (χ0v) is 14.0. The number of amides is 2. The zero-order valence-electron chi connectivity index (χ0n) is 14.0. The average Bonchev–Trinajstić information content (AvgIpc) is 2.41. The molecule has 0 N–H and O–H groups in total. The van der Waals surface area contributed by atoms with Gasteiger partial charge in [-0.05, 0) is 27.2 Å². The van der Waals surface area contributed by atoms with Gasteiger partial charge in [0, 0.05) is 32.6 Å². The van der Waals surface area contributed by atoms with Crippen LogP contribution in [-0.2, 0) is 9.53 Å². The van der Waals surface area contributed by atoms with Crippen molar-refractivity contribution >= 4 is 12.0 Å². The lowest BCUT2D eigenvalue weighted by Crippen LogP contribution is -2.51. The predicted molar refractivity (Wildman–Crippen MR) is 83.1 cm³/mol. The van der Waals surface area contributed by atoms with Crippen molar-refractivity contribution in [3.63, 3.8) is 0 Å². The van der Waals surface area contributed by atoms with Crippen LogP contribution in [0.3, 0.4) is 0 Å². The summed E-state index contributed by atoms with van der Waals surface area (Å²) < 4.78 is 5.35. The van der Waals surface area contributed by atoms with Gasteiger partial charge < -0.3 is 14.5 Å². The summed E-state index contributed by atoms with van der Waals surface area (Å²) in [7, 11) is 0. The molecule has 1 aliphatic heterocycles. The van der Waals surface area contributed by atoms with Gasteiger partial charge in [0.2, 0.25) is 5.91 Å². The van der Waals surface area contributed by atoms with Gasteiger partial charge in [-0.1, -0.05) is 26.2 Å². The van der Waals surface area contributed by atoms with Crippen LogP contribution in [0.5, 0.6) is 0 Å². The number of hydrogen-bond acceptors (Lipinski definition) is 3. The second-order valence-electron chi connectivity index (χ2n) is 6.66. The van der Waals surface area contributed by atoms with E-state index in [0.29, 0.717) is 32.6 Å². The van der Waals surface area contributed by atoms with Crippen molar-refractivity contribution in [2.45, 2.75) is 65.4 Å². The summed E-state index contributed by atoms with van der Waals surface area (Å²) in [5.41, 5.74) is -0.469. The molecule has 1 heterocycles. The molecule has 0 aromatic rings. The summed E-state index contributed by atoms with van der Waals surface area (Å²) in [6.45, 7) is 10.1. The van der Waals surface area contributed by atoms with Gasteiger partial charge in [-0.2, -0.15) is 0 Å². The van der Waals surface area contributed by atoms with Gasteiger partial charge in [-0.15, -0.1) is 0 Å². The Kier molecular flexibility index (Phi) is 6.99. The monoisotopic (exact) mass is 298 g/mol. The molecule has 0 aromatic carbocycles. The number of piperazine rings is 1. The smallest absolute Gasteiger partial charge is 0.410 e. The Bertz CT molecular complexity index is 342. The van der Waals surface area contributed by atoms with E-state index in [1.807, 2.05) is 25.7 Å². The minimum atomic E-state index is -0.469. The fourth-order valence-electron chi connectivity index (χ4n) is 2.33. The topological polar surface area (TPSA) is 49.9 Å². The van der Waals surface area contributed by atoms with Crippen molar-refractivity contribution < 1.29 is 14.3 Å². The molecule has 0 saturated carbocycles. The third-order valence-corrected chi connectivity index (χ3v) is 3.53. The number of carbonyl (C=O) groups excluding carboxylic acids is 2. The van der Waals surface area contributed by atoms with Gasteiger partial charge in [0.1, 0.15) is 5.60 Å². The second-order valence-corrected chi connectivity index (χ2v) is 6.66. The molecule has 1 saturated heterocycles. The Labute approximate surface area is 128 Å². The molecule has 2 amide bonds. The van der Waals surface area contributed by atoms with Gasteiger partial charge >= 0.3 is 6.09 Å². The lowest BCUT2D eigenvalue weighted by Gasteiger charge is -2.35. The van der Waals surface area contributed by atoms with Crippen LogP contribution < -0.4 is 0 Å². The fraction of sp³-hybridized carbons (Fsp3) is 0.875. The van der Waals surface area contributed by atoms with Crippen molar-refractivity contribution in [3.8, 4) is 0 Å². The first-order valence-corrected chi connectivity index (χ1v) is 8.09. The summed E-state index contributed by atoms with van der Waals surface area (Å²) in [6, 6.07) is 0. The molecule has 0 unspecified atom stereocenters. The SMILES string of the molecule is CCCCCCC(=O)N1CCN(C(=O)OC(C)(C)C)CC1. The van der Waals surface area contributed by atoms with E-state index in [-0.39, 0.29) is 12.0 Å². The molecule has 0 radical (unpaired) electrons. The van der Waals surface area contributed by atoms with E-state index >= 15 is 0 Å². The quantitative estimate of drug-likeness (QED) is 0.733. The zero-order chi connectivity index (χ0) is 15.9. The third kappa shape index (κ3) is 6.82. The second kappa shape index (κ2) is 8.25. The number of nitrogens with zero attached hydrogens (tertiary/aromatic N) is 2. The van der Waals surface area contributed by atoms with Crippen LogP contribution in [0.4, 0.5) is 4.79 Å². The van der Waals surface area contributed by atoms with Crippen LogP contribution in [0.2, 0.25) is 0 Å². The summed E-state index contributed by atoms with van der Waals surface area (Å²) in [5, 5.41) is 0. The van der Waals surface area contributed by atoms with Crippen molar-refractivity contribution in [3.05, 3.63) is 0 Å². The van der Waals surface area contributed by atoms with Crippen LogP contribution in [-0.4, -0.2) is 53.6 Å². The van der Waals surface area contributed by atoms with E-state index in [1.165, 1.54) is 12.8 Å². The molecule has 0 aliphatic carbocycles. The van der Waals surface area contributed by atoms with Crippen molar-refractivity contribution in [2.75, 3.05) is 26.2 Å². The van der Waals surface area contributed by atoms with Crippen LogP contribution in [0.1, 0.15) is 59.8 Å². The average molecular weight is 298 g/mol. The maximum absolute atomic E-state index is 12.1. The third-order valence-electron chi connectivity index (χ3n) is 3.53. The van der Waals surface area contributed by atoms with Gasteiger partial charge in [-0.25, -0.2) is 4.79 Å². The summed E-state index contributed by atoms with van der Waals surface area (Å²) in [6.07, 6.45) is 4.83. The first-order chi connectivity index (χ1) is 9.83. The minimum absolute atomic E-state index is 0.218. The molecular formula is C16H30N2O3. The normalized spacial score (nSPS) is 16.0. The largest absolute Gasteiger partial charge is 0.444 e. The molecule has 122 valence electrons. The molecule has 1 aliphatic rings. The maximum atomic E-state index is 12.1. The van der Waals surface area contributed by atoms with Crippen LogP contribution >= 0.6 is 0 Å². The highest BCUT2D eigenvalue weighted by Crippen LogP contribution is 2.13. The van der Waals surface area contributed by atoms with E-state index in [2.05, 4.69) is 6.92 Å². The standard InChI is InChI=1S/C16H30N2O3/c1-5-6-7-8-9-14(19)17-10-12-18(13-11-17)15(20)21-16(2,3)4/h5-13H2,1-4H3. The molecule has 0 bridgehead atoms. The predicted octanol–water partition coefficient (Wildman–Crippen LogP) is 3.04. The molecule has 1 fully saturated rings. The molecule has 0 spiro atoms. The summed E-state index contributed by atoms with van der Waals surface area (Å²) in [4.78, 5) is 27.5. The van der Waals surface area contributed by atoms with Crippen molar-refractivity contribution in [1.29, 1.82) is 0 Å². The molecule has 1 rings (SSSR count). The lowest BCUT2D eigenvalue weighted by molar-refractivity contribution is -0.133. The molecule has 21 heavy (non-hydrogen) atoms. The van der Waals surface area contributed by atoms with Gasteiger partial charge in [0.25, 0.3) is 0 Å². The number of rotatable bonds is 5. The van der Waals surface area contributed by atoms with Crippen molar-refractivity contribution in [1.82, 2.24) is 9.80 Å². The van der Waals surface area contributed by atoms with Gasteiger partial charge in [0.05, 0.1) is 0 Å². The molecule has 5 nitrogen and oxygen atoms in total. The molecule has 0 aromatic heterocycles. The highest BCUT2D eigenvalue weighted by molar-refractivity contribution is 5.76. The van der Waals surface area contributed by atoms with E-state index in [0.717, 1.165) is 12.8 Å². The lowest BCUT2D eigenvalue weighted by atomic mass is 10.1. The number of carbonyl (C=O) groups is 2. The van der Waals surface area contributed by atoms with E-state index in [9.17, 15) is 9.59 Å². The number of hydrogen-bond donors (Lipinski definition) is 0. The van der Waals surface area contributed by atoms with Crippen LogP contribution in [0.25, 0.3) is 0 Å². The Morgan fingerprint density at radius 3 is 2.05 bits per heavy atom. The molecular weight excluding hydrogens is 268 g/mol. The Balaban J connectivity index is 2.28. The maximum Gasteiger partial charge on any atom is 0.410 e. The Hall–Kier alpha value is -1.26. The Morgan fingerprint density at radius 1 is 0.952 bits per heavy atom. The highest BCUT2D eigenvalue weighted by atomic mass is 16.6. The van der Waals surface area contributed by atoms with Crippen LogP contribution in [0, 0.1) is 0 Å². The van der Waals surface area contributed by atoms with E-state index in [1.54, 1.807) is 4.90 Å². The van der Waals surface area contributed by atoms with E-state index in [4.69, 9.17) is 4.74 Å². The van der Waals surface area contributed by atoms with Gasteiger partial charge in [-0.3, -0.25) is 4.79 Å². The molecule has 0 atom stereocenters. The number of unbranched alkanes of at least 4 members (excludes halogenated alkanes) is 3. The number of ether oxygens (including phenoxy) is 1. The first-order valence-electron chi connectivity index (χ1n) is 8.09. The highest BCUT2D eigenvalue weighted by Gasteiger charge is 2.27. The van der Waals surface area contributed by atoms with Crippen molar-refractivity contribution in [2.24, 2.45) is 0 Å². The first kappa shape index (κ1) is 17.8. The minimum Gasteiger partial charge on any atom is -0.444 e. The van der Waals surface area contributed by atoms with E-state index < -0.39 is 5.60 Å². The van der Waals surface area contributed by atoms with Crippen LogP contribution in [0.15, 0.2) is 0 Å². The summed E-state index contributed by atoms with van der Waals surface area (Å²) in [5.74, 6) is 0.218.